The van der Waals surface area contributed by atoms with Crippen LogP contribution in [0.15, 0.2) is 35.3 Å². The fraction of sp³-hybridized carbons (Fsp3) is 0.474. The molecule has 0 amide bonds. The smallest absolute Gasteiger partial charge is 0.191 e. The van der Waals surface area contributed by atoms with Gasteiger partial charge < -0.3 is 10.6 Å². The van der Waals surface area contributed by atoms with E-state index < -0.39 is 0 Å². The first-order valence-electron chi connectivity index (χ1n) is 8.71. The van der Waals surface area contributed by atoms with Gasteiger partial charge >= 0.3 is 0 Å². The van der Waals surface area contributed by atoms with Crippen LogP contribution in [-0.2, 0) is 6.54 Å². The van der Waals surface area contributed by atoms with Gasteiger partial charge in [-0.25, -0.2) is 9.67 Å². The number of thioether (sulfide) groups is 1. The maximum absolute atomic E-state index is 4.76. The topological polar surface area (TPSA) is 54.2 Å². The van der Waals surface area contributed by atoms with E-state index in [1.165, 1.54) is 0 Å². The van der Waals surface area contributed by atoms with Crippen LogP contribution in [0.1, 0.15) is 30.8 Å². The Morgan fingerprint density at radius 1 is 1.27 bits per heavy atom. The molecular weight excluding hydrogens is 457 g/mol. The number of nitrogens with zero attached hydrogens (tertiary/aromatic N) is 3. The third-order valence-corrected chi connectivity index (χ3v) is 4.91. The summed E-state index contributed by atoms with van der Waals surface area (Å²) in [6.07, 6.45) is 2.13. The molecule has 0 fully saturated rings. The second kappa shape index (κ2) is 11.5. The highest BCUT2D eigenvalue weighted by molar-refractivity contribution is 14.0. The zero-order chi connectivity index (χ0) is 18.2. The highest BCUT2D eigenvalue weighted by Crippen LogP contribution is 2.17. The summed E-state index contributed by atoms with van der Waals surface area (Å²) < 4.78 is 2.00. The van der Waals surface area contributed by atoms with Crippen molar-refractivity contribution in [2.45, 2.75) is 39.5 Å². The molecule has 2 rings (SSSR count). The number of para-hydroxylation sites is 1. The Balaban J connectivity index is 0.00000338. The predicted octanol–water partition coefficient (Wildman–Crippen LogP) is 3.91. The molecule has 7 heteroatoms. The minimum absolute atomic E-state index is 0. The first-order chi connectivity index (χ1) is 12.0. The van der Waals surface area contributed by atoms with Gasteiger partial charge in [-0.15, -0.1) is 24.0 Å². The largest absolute Gasteiger partial charge is 0.357 e. The number of aromatic nitrogens is 2. The van der Waals surface area contributed by atoms with Crippen molar-refractivity contribution in [3.8, 4) is 5.69 Å². The molecule has 1 heterocycles. The Morgan fingerprint density at radius 2 is 2.00 bits per heavy atom. The molecule has 0 saturated carbocycles. The molecule has 26 heavy (non-hydrogen) atoms. The van der Waals surface area contributed by atoms with Crippen molar-refractivity contribution in [3.05, 3.63) is 47.3 Å². The van der Waals surface area contributed by atoms with Crippen molar-refractivity contribution in [3.63, 3.8) is 0 Å². The Bertz CT molecular complexity index is 714. The number of rotatable bonds is 7. The van der Waals surface area contributed by atoms with Crippen LogP contribution in [0.4, 0.5) is 0 Å². The van der Waals surface area contributed by atoms with Crippen LogP contribution in [0.25, 0.3) is 5.69 Å². The second-order valence-electron chi connectivity index (χ2n) is 6.09. The van der Waals surface area contributed by atoms with E-state index in [0.29, 0.717) is 11.8 Å². The molecule has 1 atom stereocenters. The molecule has 2 N–H and O–H groups in total. The number of hydrogen-bond acceptors (Lipinski definition) is 3. The van der Waals surface area contributed by atoms with E-state index in [9.17, 15) is 0 Å². The maximum Gasteiger partial charge on any atom is 0.191 e. The molecule has 0 aliphatic heterocycles. The van der Waals surface area contributed by atoms with Gasteiger partial charge in [0.1, 0.15) is 0 Å². The molecule has 0 aliphatic carbocycles. The van der Waals surface area contributed by atoms with E-state index >= 15 is 0 Å². The monoisotopic (exact) mass is 487 g/mol. The highest BCUT2D eigenvalue weighted by Gasteiger charge is 2.09. The van der Waals surface area contributed by atoms with Crippen molar-refractivity contribution in [1.29, 1.82) is 0 Å². The van der Waals surface area contributed by atoms with Crippen molar-refractivity contribution in [2.24, 2.45) is 4.99 Å². The van der Waals surface area contributed by atoms with Gasteiger partial charge in [0, 0.05) is 24.0 Å². The lowest BCUT2D eigenvalue weighted by Crippen LogP contribution is -2.40. The summed E-state index contributed by atoms with van der Waals surface area (Å²) in [4.78, 5) is 4.76. The summed E-state index contributed by atoms with van der Waals surface area (Å²) >= 11 is 1.85. The molecule has 0 aliphatic rings. The maximum atomic E-state index is 4.76. The van der Waals surface area contributed by atoms with Gasteiger partial charge in [0.05, 0.1) is 17.9 Å². The number of halogens is 1. The van der Waals surface area contributed by atoms with Gasteiger partial charge in [-0.05, 0) is 44.7 Å². The Labute approximate surface area is 178 Å². The van der Waals surface area contributed by atoms with E-state index in [2.05, 4.69) is 67.0 Å². The summed E-state index contributed by atoms with van der Waals surface area (Å²) in [5, 5.41) is 11.9. The van der Waals surface area contributed by atoms with Gasteiger partial charge in [-0.3, -0.25) is 0 Å². The third kappa shape index (κ3) is 6.50. The highest BCUT2D eigenvalue weighted by atomic mass is 127. The summed E-state index contributed by atoms with van der Waals surface area (Å²) in [6, 6.07) is 10.4. The van der Waals surface area contributed by atoms with Crippen molar-refractivity contribution in [2.75, 3.05) is 19.3 Å². The molecule has 2 aromatic rings. The Morgan fingerprint density at radius 3 is 2.62 bits per heavy atom. The molecule has 5 nitrogen and oxygen atoms in total. The standard InChI is InChI=1S/C19H29N5S.HI/c1-6-20-19(21-12-16(4)25-5)22-13-17-9-7-8-10-18(17)24-15(3)11-14(2)23-24;/h7-11,16H,6,12-13H2,1-5H3,(H2,20,21,22);1H. The van der Waals surface area contributed by atoms with Crippen LogP contribution in [0.3, 0.4) is 0 Å². The van der Waals surface area contributed by atoms with E-state index in [0.717, 1.165) is 41.7 Å². The first-order valence-corrected chi connectivity index (χ1v) is 10.0. The molecule has 1 unspecified atom stereocenters. The Kier molecular flexibility index (Phi) is 10.1. The molecule has 0 radical (unpaired) electrons. The molecule has 0 saturated heterocycles. The molecule has 144 valence electrons. The first kappa shape index (κ1) is 22.8. The quantitative estimate of drug-likeness (QED) is 0.353. The van der Waals surface area contributed by atoms with Crippen LogP contribution < -0.4 is 10.6 Å². The number of guanidine groups is 1. The second-order valence-corrected chi connectivity index (χ2v) is 7.37. The minimum Gasteiger partial charge on any atom is -0.357 e. The summed E-state index contributed by atoms with van der Waals surface area (Å²) in [5.41, 5.74) is 4.40. The van der Waals surface area contributed by atoms with Crippen LogP contribution in [0.2, 0.25) is 0 Å². The van der Waals surface area contributed by atoms with E-state index in [-0.39, 0.29) is 24.0 Å². The summed E-state index contributed by atoms with van der Waals surface area (Å²) in [6.45, 7) is 10.7. The van der Waals surface area contributed by atoms with Crippen molar-refractivity contribution < 1.29 is 0 Å². The molecule has 1 aromatic carbocycles. The fourth-order valence-electron chi connectivity index (χ4n) is 2.55. The van der Waals surface area contributed by atoms with Gasteiger partial charge in [0.2, 0.25) is 0 Å². The summed E-state index contributed by atoms with van der Waals surface area (Å²) in [5.74, 6) is 0.853. The molecule has 1 aromatic heterocycles. The normalized spacial score (nSPS) is 12.4. The number of aryl methyl sites for hydroxylation is 2. The fourth-order valence-corrected chi connectivity index (χ4v) is 2.80. The number of nitrogens with one attached hydrogen (secondary N) is 2. The van der Waals surface area contributed by atoms with Crippen LogP contribution in [-0.4, -0.2) is 40.3 Å². The average molecular weight is 487 g/mol. The van der Waals surface area contributed by atoms with E-state index in [1.54, 1.807) is 0 Å². The Hall–Kier alpha value is -1.22. The van der Waals surface area contributed by atoms with Crippen molar-refractivity contribution in [1.82, 2.24) is 20.4 Å². The number of benzene rings is 1. The molecule has 0 spiro atoms. The zero-order valence-corrected chi connectivity index (χ0v) is 19.4. The average Bonchev–Trinajstić information content (AvgIpc) is 2.95. The van der Waals surface area contributed by atoms with Gasteiger partial charge in [0.25, 0.3) is 0 Å². The van der Waals surface area contributed by atoms with Crippen LogP contribution in [0, 0.1) is 13.8 Å². The van der Waals surface area contributed by atoms with Gasteiger partial charge in [-0.2, -0.15) is 16.9 Å². The van der Waals surface area contributed by atoms with Gasteiger partial charge in [0.15, 0.2) is 5.96 Å². The number of hydrogen-bond donors (Lipinski definition) is 2. The molecular formula is C19H30IN5S. The number of aliphatic imine (C=N–C) groups is 1. The van der Waals surface area contributed by atoms with E-state index in [1.807, 2.05) is 29.4 Å². The lowest BCUT2D eigenvalue weighted by molar-refractivity contribution is 0.789. The third-order valence-electron chi connectivity index (χ3n) is 3.94. The predicted molar refractivity (Wildman–Crippen MR) is 124 cm³/mol. The zero-order valence-electron chi connectivity index (χ0n) is 16.2. The lowest BCUT2D eigenvalue weighted by Gasteiger charge is -2.15. The van der Waals surface area contributed by atoms with Crippen LogP contribution in [0.5, 0.6) is 0 Å². The minimum atomic E-state index is 0. The lowest BCUT2D eigenvalue weighted by atomic mass is 10.2. The van der Waals surface area contributed by atoms with Crippen molar-refractivity contribution >= 4 is 41.7 Å². The molecule has 0 bridgehead atoms. The van der Waals surface area contributed by atoms with Crippen LogP contribution >= 0.6 is 35.7 Å². The SMILES string of the molecule is CCNC(=NCc1ccccc1-n1nc(C)cc1C)NCC(C)SC.I. The van der Waals surface area contributed by atoms with E-state index in [4.69, 9.17) is 4.99 Å². The van der Waals surface area contributed by atoms with Gasteiger partial charge in [-0.1, -0.05) is 25.1 Å². The summed E-state index contributed by atoms with van der Waals surface area (Å²) in [7, 11) is 0.